The van der Waals surface area contributed by atoms with E-state index >= 15 is 0 Å². The van der Waals surface area contributed by atoms with Crippen LogP contribution in [0.15, 0.2) is 0 Å². The Kier molecular flexibility index (Phi) is 3.43. The van der Waals surface area contributed by atoms with Gasteiger partial charge in [-0.3, -0.25) is 9.59 Å². The molecule has 2 fully saturated rings. The highest BCUT2D eigenvalue weighted by Gasteiger charge is 2.53. The SMILES string of the molecule is CC12CCC(=O)N1C(C(=O)Nc1sc3c(c1C#N)CCC3)CS2. The highest BCUT2D eigenvalue weighted by atomic mass is 32.2. The van der Waals surface area contributed by atoms with Gasteiger partial charge in [-0.05, 0) is 38.2 Å². The average Bonchev–Trinajstić information content (AvgIpc) is 3.21. The van der Waals surface area contributed by atoms with Gasteiger partial charge in [0.1, 0.15) is 17.1 Å². The lowest BCUT2D eigenvalue weighted by Gasteiger charge is -2.29. The number of nitrogens with zero attached hydrogens (tertiary/aromatic N) is 2. The Hall–Kier alpha value is -1.52. The van der Waals surface area contributed by atoms with Crippen molar-refractivity contribution < 1.29 is 9.59 Å². The molecule has 2 aliphatic heterocycles. The summed E-state index contributed by atoms with van der Waals surface area (Å²) in [5.41, 5.74) is 1.73. The molecule has 7 heteroatoms. The quantitative estimate of drug-likeness (QED) is 0.892. The monoisotopic (exact) mass is 347 g/mol. The Balaban J connectivity index is 1.58. The predicted octanol–water partition coefficient (Wildman–Crippen LogP) is 2.50. The molecule has 23 heavy (non-hydrogen) atoms. The molecule has 1 aromatic heterocycles. The molecule has 0 aromatic carbocycles. The molecule has 2 saturated heterocycles. The van der Waals surface area contributed by atoms with Crippen LogP contribution in [-0.4, -0.2) is 33.4 Å². The van der Waals surface area contributed by atoms with E-state index in [-0.39, 0.29) is 16.7 Å². The second-order valence-electron chi connectivity index (χ2n) is 6.43. The van der Waals surface area contributed by atoms with Crippen molar-refractivity contribution in [3.05, 3.63) is 16.0 Å². The van der Waals surface area contributed by atoms with Crippen molar-refractivity contribution in [1.29, 1.82) is 5.26 Å². The highest BCUT2D eigenvalue weighted by Crippen LogP contribution is 2.47. The molecule has 0 bridgehead atoms. The zero-order valence-electron chi connectivity index (χ0n) is 12.8. The molecule has 2 amide bonds. The number of thiophene rings is 1. The minimum atomic E-state index is -0.427. The van der Waals surface area contributed by atoms with Gasteiger partial charge in [-0.1, -0.05) is 0 Å². The van der Waals surface area contributed by atoms with Gasteiger partial charge in [-0.15, -0.1) is 23.1 Å². The fraction of sp³-hybridized carbons (Fsp3) is 0.562. The van der Waals surface area contributed by atoms with Crippen molar-refractivity contribution >= 4 is 39.9 Å². The van der Waals surface area contributed by atoms with E-state index in [0.29, 0.717) is 22.7 Å². The zero-order chi connectivity index (χ0) is 16.2. The molecule has 120 valence electrons. The normalized spacial score (nSPS) is 28.6. The van der Waals surface area contributed by atoms with Gasteiger partial charge in [0.25, 0.3) is 0 Å². The van der Waals surface area contributed by atoms with Crippen molar-refractivity contribution in [2.45, 2.75) is 49.9 Å². The third-order valence-corrected chi connectivity index (χ3v) is 7.73. The number of nitrogens with one attached hydrogen (secondary N) is 1. The largest absolute Gasteiger partial charge is 0.315 e. The highest BCUT2D eigenvalue weighted by molar-refractivity contribution is 8.01. The number of nitriles is 1. The van der Waals surface area contributed by atoms with Gasteiger partial charge >= 0.3 is 0 Å². The Morgan fingerprint density at radius 2 is 2.26 bits per heavy atom. The summed E-state index contributed by atoms with van der Waals surface area (Å²) >= 11 is 3.20. The van der Waals surface area contributed by atoms with Crippen LogP contribution in [0.5, 0.6) is 0 Å². The third kappa shape index (κ3) is 2.19. The summed E-state index contributed by atoms with van der Waals surface area (Å²) in [6, 6.07) is 1.82. The summed E-state index contributed by atoms with van der Waals surface area (Å²) in [5.74, 6) is 0.529. The van der Waals surface area contributed by atoms with E-state index in [9.17, 15) is 14.9 Å². The molecule has 1 aliphatic carbocycles. The van der Waals surface area contributed by atoms with Crippen molar-refractivity contribution in [1.82, 2.24) is 4.90 Å². The summed E-state index contributed by atoms with van der Waals surface area (Å²) in [6.07, 6.45) is 4.32. The first-order valence-electron chi connectivity index (χ1n) is 7.85. The number of carbonyl (C=O) groups is 2. The van der Waals surface area contributed by atoms with Crippen molar-refractivity contribution in [2.24, 2.45) is 0 Å². The topological polar surface area (TPSA) is 73.2 Å². The molecular weight excluding hydrogens is 330 g/mol. The molecule has 0 radical (unpaired) electrons. The summed E-state index contributed by atoms with van der Waals surface area (Å²) in [6.45, 7) is 2.04. The fourth-order valence-electron chi connectivity index (χ4n) is 3.82. The van der Waals surface area contributed by atoms with Crippen LogP contribution in [0.25, 0.3) is 0 Å². The van der Waals surface area contributed by atoms with Crippen LogP contribution in [0.1, 0.15) is 42.2 Å². The summed E-state index contributed by atoms with van der Waals surface area (Å²) in [5, 5.41) is 13.0. The van der Waals surface area contributed by atoms with Crippen molar-refractivity contribution in [3.63, 3.8) is 0 Å². The first-order chi connectivity index (χ1) is 11.0. The van der Waals surface area contributed by atoms with E-state index in [1.165, 1.54) is 16.2 Å². The van der Waals surface area contributed by atoms with Gasteiger partial charge in [0.05, 0.1) is 10.4 Å². The number of hydrogen-bond acceptors (Lipinski definition) is 5. The first kappa shape index (κ1) is 15.0. The van der Waals surface area contributed by atoms with Crippen molar-refractivity contribution in [3.8, 4) is 6.07 Å². The Bertz CT molecular complexity index is 751. The molecule has 2 unspecified atom stereocenters. The van der Waals surface area contributed by atoms with E-state index < -0.39 is 6.04 Å². The summed E-state index contributed by atoms with van der Waals surface area (Å²) in [4.78, 5) is 27.6. The molecule has 0 spiro atoms. The summed E-state index contributed by atoms with van der Waals surface area (Å²) < 4.78 is 0. The molecule has 3 aliphatic rings. The Morgan fingerprint density at radius 1 is 1.43 bits per heavy atom. The van der Waals surface area contributed by atoms with E-state index in [0.717, 1.165) is 31.2 Å². The summed E-state index contributed by atoms with van der Waals surface area (Å²) in [7, 11) is 0. The Morgan fingerprint density at radius 3 is 3.04 bits per heavy atom. The number of rotatable bonds is 2. The molecule has 2 atom stereocenters. The van der Waals surface area contributed by atoms with Gasteiger partial charge < -0.3 is 10.2 Å². The lowest BCUT2D eigenvalue weighted by molar-refractivity contribution is -0.135. The molecule has 1 aromatic rings. The van der Waals surface area contributed by atoms with Gasteiger partial charge in [0.2, 0.25) is 11.8 Å². The van der Waals surface area contributed by atoms with E-state index in [2.05, 4.69) is 11.4 Å². The average molecular weight is 347 g/mol. The van der Waals surface area contributed by atoms with Crippen LogP contribution in [0.2, 0.25) is 0 Å². The standard InChI is InChI=1S/C16H17N3O2S2/c1-16-6-5-13(20)19(16)11(8-22-16)14(21)18-15-10(7-17)9-3-2-4-12(9)23-15/h11H,2-6,8H2,1H3,(H,18,21). The predicted molar refractivity (Wildman–Crippen MR) is 90.4 cm³/mol. The molecule has 0 saturated carbocycles. The number of thioether (sulfide) groups is 1. The lowest BCUT2D eigenvalue weighted by Crippen LogP contribution is -2.48. The van der Waals surface area contributed by atoms with E-state index in [1.807, 2.05) is 6.92 Å². The molecule has 3 heterocycles. The van der Waals surface area contributed by atoms with Gasteiger partial charge in [0.15, 0.2) is 0 Å². The maximum atomic E-state index is 12.7. The molecule has 5 nitrogen and oxygen atoms in total. The number of anilines is 1. The van der Waals surface area contributed by atoms with Crippen LogP contribution in [0.4, 0.5) is 5.00 Å². The van der Waals surface area contributed by atoms with Crippen LogP contribution >= 0.6 is 23.1 Å². The maximum Gasteiger partial charge on any atom is 0.248 e. The number of hydrogen-bond donors (Lipinski definition) is 1. The number of fused-ring (bicyclic) bond motifs is 2. The van der Waals surface area contributed by atoms with Crippen molar-refractivity contribution in [2.75, 3.05) is 11.1 Å². The number of aryl methyl sites for hydroxylation is 1. The lowest BCUT2D eigenvalue weighted by atomic mass is 10.1. The molecular formula is C16H17N3O2S2. The second-order valence-corrected chi connectivity index (χ2v) is 9.03. The van der Waals surface area contributed by atoms with E-state index in [1.54, 1.807) is 16.7 Å². The van der Waals surface area contributed by atoms with Gasteiger partial charge in [-0.25, -0.2) is 0 Å². The third-order valence-electron chi connectivity index (χ3n) is 5.02. The molecule has 4 rings (SSSR count). The fourth-order valence-corrected chi connectivity index (χ4v) is 6.50. The van der Waals surface area contributed by atoms with Gasteiger partial charge in [0, 0.05) is 17.1 Å². The molecule has 1 N–H and O–H groups in total. The van der Waals surface area contributed by atoms with E-state index in [4.69, 9.17) is 0 Å². The maximum absolute atomic E-state index is 12.7. The van der Waals surface area contributed by atoms with Crippen LogP contribution < -0.4 is 5.32 Å². The van der Waals surface area contributed by atoms with Gasteiger partial charge in [-0.2, -0.15) is 5.26 Å². The number of carbonyl (C=O) groups excluding carboxylic acids is 2. The number of amides is 2. The second kappa shape index (κ2) is 5.25. The minimum Gasteiger partial charge on any atom is -0.315 e. The van der Waals surface area contributed by atoms with Crippen LogP contribution in [-0.2, 0) is 22.4 Å². The minimum absolute atomic E-state index is 0.0619. The smallest absolute Gasteiger partial charge is 0.248 e. The first-order valence-corrected chi connectivity index (χ1v) is 9.65. The van der Waals surface area contributed by atoms with Crippen LogP contribution in [0, 0.1) is 11.3 Å². The van der Waals surface area contributed by atoms with Crippen LogP contribution in [0.3, 0.4) is 0 Å². The Labute approximate surface area is 143 Å². The zero-order valence-corrected chi connectivity index (χ0v) is 14.5.